The Morgan fingerprint density at radius 2 is 1.18 bits per heavy atom. The fourth-order valence-corrected chi connectivity index (χ4v) is 4.53. The molecule has 4 aromatic rings. The van der Waals surface area contributed by atoms with E-state index in [-0.39, 0.29) is 0 Å². The van der Waals surface area contributed by atoms with Gasteiger partial charge in [0.15, 0.2) is 0 Å². The molecular formula is C27H23N. The normalized spacial score (nSPS) is 11.9. The molecule has 0 heterocycles. The number of anilines is 1. The molecule has 1 heteroatoms. The zero-order chi connectivity index (χ0) is 19.3. The van der Waals surface area contributed by atoms with Gasteiger partial charge in [-0.25, -0.2) is 0 Å². The second-order valence-electron chi connectivity index (χ2n) is 7.70. The molecule has 0 amide bonds. The van der Waals surface area contributed by atoms with Gasteiger partial charge in [0.05, 0.1) is 0 Å². The Labute approximate surface area is 166 Å². The first-order valence-electron chi connectivity index (χ1n) is 9.81. The summed E-state index contributed by atoms with van der Waals surface area (Å²) in [6.45, 7) is 4.34. The molecule has 4 aromatic carbocycles. The predicted octanol–water partition coefficient (Wildman–Crippen LogP) is 6.79. The van der Waals surface area contributed by atoms with Crippen LogP contribution in [0.25, 0.3) is 33.4 Å². The quantitative estimate of drug-likeness (QED) is 0.344. The van der Waals surface area contributed by atoms with Crippen LogP contribution < -0.4 is 5.73 Å². The number of nitrogen functional groups attached to an aromatic ring is 1. The molecule has 2 N–H and O–H groups in total. The third-order valence-electron chi connectivity index (χ3n) is 6.00. The molecule has 0 radical (unpaired) electrons. The van der Waals surface area contributed by atoms with Gasteiger partial charge in [-0.15, -0.1) is 0 Å². The van der Waals surface area contributed by atoms with Gasteiger partial charge >= 0.3 is 0 Å². The average molecular weight is 361 g/mol. The molecule has 0 spiro atoms. The van der Waals surface area contributed by atoms with Crippen LogP contribution in [0.3, 0.4) is 0 Å². The Balaban J connectivity index is 1.89. The molecule has 0 aromatic heterocycles. The first-order chi connectivity index (χ1) is 13.6. The SMILES string of the molecule is Cc1ccccc1-c1cc2c(c(N)c1-c1ccccc1C)Cc1ccccc1-2. The number of rotatable bonds is 2. The maximum atomic E-state index is 6.90. The van der Waals surface area contributed by atoms with Crippen molar-refractivity contribution in [2.75, 3.05) is 5.73 Å². The maximum Gasteiger partial charge on any atom is 0.0442 e. The van der Waals surface area contributed by atoms with Crippen LogP contribution in [-0.4, -0.2) is 0 Å². The first kappa shape index (κ1) is 16.8. The highest BCUT2D eigenvalue weighted by molar-refractivity contribution is 6.00. The second kappa shape index (κ2) is 6.38. The van der Waals surface area contributed by atoms with E-state index >= 15 is 0 Å². The maximum absolute atomic E-state index is 6.90. The Morgan fingerprint density at radius 1 is 0.607 bits per heavy atom. The van der Waals surface area contributed by atoms with Gasteiger partial charge in [0.2, 0.25) is 0 Å². The van der Waals surface area contributed by atoms with E-state index in [1.807, 2.05) is 0 Å². The van der Waals surface area contributed by atoms with E-state index in [0.717, 1.165) is 12.1 Å². The van der Waals surface area contributed by atoms with Crippen LogP contribution in [0.4, 0.5) is 5.69 Å². The lowest BCUT2D eigenvalue weighted by Crippen LogP contribution is -2.01. The lowest BCUT2D eigenvalue weighted by Gasteiger charge is -2.20. The summed E-state index contributed by atoms with van der Waals surface area (Å²) in [5, 5.41) is 0. The molecule has 28 heavy (non-hydrogen) atoms. The highest BCUT2D eigenvalue weighted by Crippen LogP contribution is 2.48. The predicted molar refractivity (Wildman–Crippen MR) is 119 cm³/mol. The van der Waals surface area contributed by atoms with Crippen molar-refractivity contribution in [1.29, 1.82) is 0 Å². The fraction of sp³-hybridized carbons (Fsp3) is 0.111. The van der Waals surface area contributed by atoms with Crippen LogP contribution in [0.15, 0.2) is 78.9 Å². The Morgan fingerprint density at radius 3 is 1.86 bits per heavy atom. The van der Waals surface area contributed by atoms with E-state index in [9.17, 15) is 0 Å². The third kappa shape index (κ3) is 2.47. The summed E-state index contributed by atoms with van der Waals surface area (Å²) in [4.78, 5) is 0. The summed E-state index contributed by atoms with van der Waals surface area (Å²) in [6.07, 6.45) is 0.907. The standard InChI is InChI=1S/C27H23N/c1-17-9-3-6-12-20(17)24-16-23-22-14-8-5-11-19(22)15-25(23)27(28)26(24)21-13-7-4-10-18(21)2/h3-14,16H,15,28H2,1-2H3. The van der Waals surface area contributed by atoms with Crippen molar-refractivity contribution in [2.24, 2.45) is 0 Å². The first-order valence-corrected chi connectivity index (χ1v) is 9.81. The molecule has 0 atom stereocenters. The molecular weight excluding hydrogens is 338 g/mol. The number of hydrogen-bond acceptors (Lipinski definition) is 1. The third-order valence-corrected chi connectivity index (χ3v) is 6.00. The van der Waals surface area contributed by atoms with Gasteiger partial charge in [0, 0.05) is 17.7 Å². The number of nitrogens with two attached hydrogens (primary N) is 1. The molecule has 5 rings (SSSR count). The highest BCUT2D eigenvalue weighted by atomic mass is 14.6. The summed E-state index contributed by atoms with van der Waals surface area (Å²) in [5.41, 5.74) is 20.4. The van der Waals surface area contributed by atoms with Gasteiger partial charge in [-0.05, 0) is 70.0 Å². The van der Waals surface area contributed by atoms with E-state index < -0.39 is 0 Å². The fourth-order valence-electron chi connectivity index (χ4n) is 4.53. The van der Waals surface area contributed by atoms with Crippen LogP contribution in [0, 0.1) is 13.8 Å². The minimum atomic E-state index is 0.907. The van der Waals surface area contributed by atoms with Crippen molar-refractivity contribution >= 4 is 5.69 Å². The zero-order valence-electron chi connectivity index (χ0n) is 16.3. The Kier molecular flexibility index (Phi) is 3.84. The van der Waals surface area contributed by atoms with Crippen LogP contribution in [-0.2, 0) is 6.42 Å². The minimum absolute atomic E-state index is 0.907. The summed E-state index contributed by atoms with van der Waals surface area (Å²) < 4.78 is 0. The molecule has 1 aliphatic rings. The van der Waals surface area contributed by atoms with Crippen LogP contribution in [0.5, 0.6) is 0 Å². The second-order valence-corrected chi connectivity index (χ2v) is 7.70. The number of benzene rings is 4. The van der Waals surface area contributed by atoms with E-state index in [0.29, 0.717) is 0 Å². The lowest BCUT2D eigenvalue weighted by atomic mass is 9.85. The molecule has 0 bridgehead atoms. The van der Waals surface area contributed by atoms with Crippen molar-refractivity contribution in [1.82, 2.24) is 0 Å². The topological polar surface area (TPSA) is 26.0 Å². The molecule has 0 saturated carbocycles. The summed E-state index contributed by atoms with van der Waals surface area (Å²) in [6, 6.07) is 28.2. The van der Waals surface area contributed by atoms with E-state index in [1.165, 1.54) is 55.6 Å². The molecule has 0 unspecified atom stereocenters. The Bertz CT molecular complexity index is 1220. The molecule has 1 nitrogen and oxygen atoms in total. The number of aryl methyl sites for hydroxylation is 2. The molecule has 0 fully saturated rings. The van der Waals surface area contributed by atoms with Crippen molar-refractivity contribution in [3.63, 3.8) is 0 Å². The van der Waals surface area contributed by atoms with Gasteiger partial charge in [-0.1, -0.05) is 72.8 Å². The molecule has 0 aliphatic heterocycles. The van der Waals surface area contributed by atoms with Crippen molar-refractivity contribution in [2.45, 2.75) is 20.3 Å². The molecule has 0 saturated heterocycles. The molecule has 1 aliphatic carbocycles. The summed E-state index contributed by atoms with van der Waals surface area (Å²) >= 11 is 0. The van der Waals surface area contributed by atoms with Crippen LogP contribution >= 0.6 is 0 Å². The van der Waals surface area contributed by atoms with Crippen molar-refractivity contribution in [3.05, 3.63) is 101 Å². The highest BCUT2D eigenvalue weighted by Gasteiger charge is 2.26. The van der Waals surface area contributed by atoms with Crippen LogP contribution in [0.2, 0.25) is 0 Å². The van der Waals surface area contributed by atoms with Gasteiger partial charge in [0.1, 0.15) is 0 Å². The largest absolute Gasteiger partial charge is 0.398 e. The van der Waals surface area contributed by atoms with Gasteiger partial charge in [-0.2, -0.15) is 0 Å². The van der Waals surface area contributed by atoms with E-state index in [2.05, 4.69) is 92.7 Å². The number of hydrogen-bond donors (Lipinski definition) is 1. The smallest absolute Gasteiger partial charge is 0.0442 e. The molecule has 136 valence electrons. The number of fused-ring (bicyclic) bond motifs is 3. The van der Waals surface area contributed by atoms with Gasteiger partial charge in [-0.3, -0.25) is 0 Å². The Hall–Kier alpha value is -3.32. The monoisotopic (exact) mass is 361 g/mol. The van der Waals surface area contributed by atoms with E-state index in [4.69, 9.17) is 5.73 Å². The van der Waals surface area contributed by atoms with Crippen LogP contribution in [0.1, 0.15) is 22.3 Å². The van der Waals surface area contributed by atoms with Gasteiger partial charge in [0.25, 0.3) is 0 Å². The zero-order valence-corrected chi connectivity index (χ0v) is 16.3. The van der Waals surface area contributed by atoms with Gasteiger partial charge < -0.3 is 5.73 Å². The summed E-state index contributed by atoms with van der Waals surface area (Å²) in [5.74, 6) is 0. The van der Waals surface area contributed by atoms with Crippen molar-refractivity contribution < 1.29 is 0 Å². The average Bonchev–Trinajstić information content (AvgIpc) is 3.08. The summed E-state index contributed by atoms with van der Waals surface area (Å²) in [7, 11) is 0. The minimum Gasteiger partial charge on any atom is -0.398 e. The van der Waals surface area contributed by atoms with E-state index in [1.54, 1.807) is 0 Å². The van der Waals surface area contributed by atoms with Crippen molar-refractivity contribution in [3.8, 4) is 33.4 Å². The lowest BCUT2D eigenvalue weighted by molar-refractivity contribution is 1.26.